The molecular weight excluding hydrogens is 332 g/mol. The summed E-state index contributed by atoms with van der Waals surface area (Å²) in [5.74, 6) is -0.0688. The van der Waals surface area contributed by atoms with Crippen molar-refractivity contribution in [1.82, 2.24) is 5.01 Å². The number of rotatable bonds is 2. The molecule has 1 amide bonds. The molecule has 0 saturated carbocycles. The smallest absolute Gasteiger partial charge is 0.345 e. The minimum atomic E-state index is -0.475. The lowest BCUT2D eigenvalue weighted by molar-refractivity contribution is -0.130. The van der Waals surface area contributed by atoms with Crippen molar-refractivity contribution < 1.29 is 14.3 Å². The highest BCUT2D eigenvalue weighted by Crippen LogP contribution is 2.33. The zero-order valence-corrected chi connectivity index (χ0v) is 14.0. The molecule has 0 fully saturated rings. The van der Waals surface area contributed by atoms with Gasteiger partial charge in [0.15, 0.2) is 0 Å². The Bertz CT molecular complexity index is 1080. The highest BCUT2D eigenvalue weighted by atomic mass is 16.4. The van der Waals surface area contributed by atoms with Crippen LogP contribution < -0.4 is 5.63 Å². The van der Waals surface area contributed by atoms with Crippen LogP contribution in [0.2, 0.25) is 0 Å². The Hall–Kier alpha value is -3.41. The van der Waals surface area contributed by atoms with Gasteiger partial charge in [0.1, 0.15) is 11.3 Å². The Labute approximate surface area is 149 Å². The zero-order chi connectivity index (χ0) is 18.3. The third-order valence-corrected chi connectivity index (χ3v) is 4.46. The van der Waals surface area contributed by atoms with Gasteiger partial charge in [-0.3, -0.25) is 4.79 Å². The van der Waals surface area contributed by atoms with E-state index in [-0.39, 0.29) is 17.7 Å². The lowest BCUT2D eigenvalue weighted by atomic mass is 9.98. The standard InChI is InChI=1S/C20H16N2O4/c1-12(23)22-18(13-6-8-15(24)9-7-13)11-17(21-22)16-10-14-4-2-3-5-19(14)26-20(16)25/h2-10,18,24H,11H2,1H3. The number of hydrazone groups is 1. The predicted octanol–water partition coefficient (Wildman–Crippen LogP) is 3.20. The zero-order valence-electron chi connectivity index (χ0n) is 14.0. The van der Waals surface area contributed by atoms with Crippen LogP contribution >= 0.6 is 0 Å². The van der Waals surface area contributed by atoms with Gasteiger partial charge >= 0.3 is 5.63 Å². The van der Waals surface area contributed by atoms with E-state index in [1.165, 1.54) is 11.9 Å². The quantitative estimate of drug-likeness (QED) is 0.721. The number of carbonyl (C=O) groups excluding carboxylic acids is 1. The summed E-state index contributed by atoms with van der Waals surface area (Å²) in [7, 11) is 0. The minimum Gasteiger partial charge on any atom is -0.508 e. The van der Waals surface area contributed by atoms with Crippen LogP contribution in [0.25, 0.3) is 11.0 Å². The Kier molecular flexibility index (Phi) is 3.80. The summed E-state index contributed by atoms with van der Waals surface area (Å²) in [4.78, 5) is 24.4. The molecule has 1 atom stereocenters. The van der Waals surface area contributed by atoms with E-state index in [2.05, 4.69) is 5.10 Å². The van der Waals surface area contributed by atoms with E-state index in [0.29, 0.717) is 23.3 Å². The fourth-order valence-corrected chi connectivity index (χ4v) is 3.18. The maximum atomic E-state index is 12.4. The monoisotopic (exact) mass is 348 g/mol. The number of hydrogen-bond donors (Lipinski definition) is 1. The van der Waals surface area contributed by atoms with Crippen molar-refractivity contribution in [3.05, 3.63) is 76.1 Å². The number of phenolic OH excluding ortho intramolecular Hbond substituents is 1. The molecule has 1 aliphatic rings. The van der Waals surface area contributed by atoms with Crippen LogP contribution in [0.4, 0.5) is 0 Å². The van der Waals surface area contributed by atoms with E-state index in [1.807, 2.05) is 12.1 Å². The van der Waals surface area contributed by atoms with Gasteiger partial charge in [0, 0.05) is 18.7 Å². The van der Waals surface area contributed by atoms with E-state index in [1.54, 1.807) is 42.5 Å². The molecule has 0 saturated heterocycles. The summed E-state index contributed by atoms with van der Waals surface area (Å²) < 4.78 is 5.38. The summed E-state index contributed by atoms with van der Waals surface area (Å²) in [6.45, 7) is 1.43. The molecule has 2 heterocycles. The molecule has 6 heteroatoms. The molecule has 6 nitrogen and oxygen atoms in total. The molecule has 0 radical (unpaired) electrons. The van der Waals surface area contributed by atoms with Crippen LogP contribution in [0.5, 0.6) is 5.75 Å². The van der Waals surface area contributed by atoms with E-state index in [0.717, 1.165) is 10.9 Å². The largest absolute Gasteiger partial charge is 0.508 e. The fraction of sp³-hybridized carbons (Fsp3) is 0.150. The summed E-state index contributed by atoms with van der Waals surface area (Å²) in [6, 6.07) is 15.3. The first-order valence-electron chi connectivity index (χ1n) is 8.22. The molecule has 0 aliphatic carbocycles. The van der Waals surface area contributed by atoms with E-state index in [9.17, 15) is 14.7 Å². The number of hydrogen-bond acceptors (Lipinski definition) is 5. The predicted molar refractivity (Wildman–Crippen MR) is 97.0 cm³/mol. The maximum absolute atomic E-state index is 12.4. The molecule has 26 heavy (non-hydrogen) atoms. The van der Waals surface area contributed by atoms with Crippen molar-refractivity contribution in [3.8, 4) is 5.75 Å². The Balaban J connectivity index is 1.77. The number of carbonyl (C=O) groups is 1. The maximum Gasteiger partial charge on any atom is 0.345 e. The summed E-state index contributed by atoms with van der Waals surface area (Å²) in [6.07, 6.45) is 0.396. The van der Waals surface area contributed by atoms with Crippen LogP contribution in [-0.2, 0) is 4.79 Å². The van der Waals surface area contributed by atoms with Crippen molar-refractivity contribution >= 4 is 22.6 Å². The lowest BCUT2D eigenvalue weighted by Gasteiger charge is -2.20. The lowest BCUT2D eigenvalue weighted by Crippen LogP contribution is -2.24. The third-order valence-electron chi connectivity index (χ3n) is 4.46. The van der Waals surface area contributed by atoms with Gasteiger partial charge in [-0.05, 0) is 29.8 Å². The number of nitrogens with zero attached hydrogens (tertiary/aromatic N) is 2. The Morgan fingerprint density at radius 1 is 1.19 bits per heavy atom. The molecule has 1 N–H and O–H groups in total. The summed E-state index contributed by atoms with van der Waals surface area (Å²) in [5.41, 5.74) is 1.74. The van der Waals surface area contributed by atoms with Gasteiger partial charge in [-0.2, -0.15) is 5.10 Å². The number of fused-ring (bicyclic) bond motifs is 1. The molecule has 0 bridgehead atoms. The normalized spacial score (nSPS) is 16.7. The van der Waals surface area contributed by atoms with Gasteiger partial charge in [-0.1, -0.05) is 30.3 Å². The van der Waals surface area contributed by atoms with Crippen LogP contribution in [0, 0.1) is 0 Å². The molecule has 1 unspecified atom stereocenters. The van der Waals surface area contributed by atoms with Gasteiger partial charge in [0.25, 0.3) is 0 Å². The first kappa shape index (κ1) is 16.1. The number of aromatic hydroxyl groups is 1. The molecule has 0 spiro atoms. The number of amides is 1. The van der Waals surface area contributed by atoms with Crippen LogP contribution in [0.15, 0.2) is 68.9 Å². The number of benzene rings is 2. The molecule has 2 aromatic carbocycles. The molecule has 4 rings (SSSR count). The average molecular weight is 348 g/mol. The Morgan fingerprint density at radius 3 is 2.65 bits per heavy atom. The second-order valence-electron chi connectivity index (χ2n) is 6.21. The van der Waals surface area contributed by atoms with E-state index < -0.39 is 5.63 Å². The summed E-state index contributed by atoms with van der Waals surface area (Å²) >= 11 is 0. The van der Waals surface area contributed by atoms with Gasteiger partial charge < -0.3 is 9.52 Å². The first-order chi connectivity index (χ1) is 12.5. The molecule has 1 aromatic heterocycles. The highest BCUT2D eigenvalue weighted by molar-refractivity contribution is 6.04. The number of para-hydroxylation sites is 1. The Morgan fingerprint density at radius 2 is 1.92 bits per heavy atom. The van der Waals surface area contributed by atoms with Gasteiger partial charge in [-0.15, -0.1) is 0 Å². The van der Waals surface area contributed by atoms with Crippen LogP contribution in [0.1, 0.15) is 30.5 Å². The molecular formula is C20H16N2O4. The van der Waals surface area contributed by atoms with Crippen LogP contribution in [0.3, 0.4) is 0 Å². The molecule has 1 aliphatic heterocycles. The van der Waals surface area contributed by atoms with E-state index >= 15 is 0 Å². The summed E-state index contributed by atoms with van der Waals surface area (Å²) in [5, 5.41) is 16.0. The topological polar surface area (TPSA) is 83.1 Å². The van der Waals surface area contributed by atoms with Crippen molar-refractivity contribution in [1.29, 1.82) is 0 Å². The van der Waals surface area contributed by atoms with Crippen molar-refractivity contribution in [2.45, 2.75) is 19.4 Å². The average Bonchev–Trinajstić information content (AvgIpc) is 3.07. The fourth-order valence-electron chi connectivity index (χ4n) is 3.18. The van der Waals surface area contributed by atoms with E-state index in [4.69, 9.17) is 4.42 Å². The molecule has 3 aromatic rings. The van der Waals surface area contributed by atoms with Gasteiger partial charge in [-0.25, -0.2) is 9.80 Å². The van der Waals surface area contributed by atoms with Crippen molar-refractivity contribution in [2.75, 3.05) is 0 Å². The third kappa shape index (κ3) is 2.75. The van der Waals surface area contributed by atoms with Gasteiger partial charge in [0.2, 0.25) is 5.91 Å². The number of phenols is 1. The first-order valence-corrected chi connectivity index (χ1v) is 8.22. The second-order valence-corrected chi connectivity index (χ2v) is 6.21. The highest BCUT2D eigenvalue weighted by Gasteiger charge is 2.32. The van der Waals surface area contributed by atoms with Crippen molar-refractivity contribution in [3.63, 3.8) is 0 Å². The van der Waals surface area contributed by atoms with Gasteiger partial charge in [0.05, 0.1) is 17.3 Å². The van der Waals surface area contributed by atoms with Crippen molar-refractivity contribution in [2.24, 2.45) is 5.10 Å². The minimum absolute atomic E-state index is 0.150. The van der Waals surface area contributed by atoms with Crippen LogP contribution in [-0.4, -0.2) is 21.7 Å². The molecule has 130 valence electrons. The SMILES string of the molecule is CC(=O)N1N=C(c2cc3ccccc3oc2=O)CC1c1ccc(O)cc1. The second kappa shape index (κ2) is 6.15.